The van der Waals surface area contributed by atoms with Crippen molar-refractivity contribution in [1.82, 2.24) is 9.55 Å². The minimum atomic E-state index is -2.01. The Morgan fingerprint density at radius 2 is 1.79 bits per heavy atom. The van der Waals surface area contributed by atoms with Crippen LogP contribution in [0.4, 0.5) is 4.79 Å². The van der Waals surface area contributed by atoms with E-state index < -0.39 is 33.2 Å². The van der Waals surface area contributed by atoms with Gasteiger partial charge in [0.1, 0.15) is 5.75 Å². The number of nitrogens with zero attached hydrogens (tertiary/aromatic N) is 2. The Labute approximate surface area is 203 Å². The van der Waals surface area contributed by atoms with E-state index in [-0.39, 0.29) is 11.0 Å². The van der Waals surface area contributed by atoms with Crippen LogP contribution in [-0.2, 0) is 32.2 Å². The van der Waals surface area contributed by atoms with E-state index in [1.165, 1.54) is 0 Å². The zero-order valence-electron chi connectivity index (χ0n) is 21.4. The van der Waals surface area contributed by atoms with Crippen molar-refractivity contribution in [2.24, 2.45) is 18.9 Å². The molecule has 0 bridgehead atoms. The lowest BCUT2D eigenvalue weighted by Gasteiger charge is -2.38. The lowest BCUT2D eigenvalue weighted by atomic mass is 9.87. The summed E-state index contributed by atoms with van der Waals surface area (Å²) in [6, 6.07) is 8.55. The highest BCUT2D eigenvalue weighted by molar-refractivity contribution is 6.74. The fourth-order valence-electron chi connectivity index (χ4n) is 3.25. The molecule has 8 nitrogen and oxygen atoms in total. The molecule has 188 valence electrons. The van der Waals surface area contributed by atoms with Crippen molar-refractivity contribution in [1.29, 1.82) is 0 Å². The molecule has 0 N–H and O–H groups in total. The van der Waals surface area contributed by atoms with Gasteiger partial charge in [-0.05, 0) is 49.0 Å². The highest BCUT2D eigenvalue weighted by Gasteiger charge is 2.39. The van der Waals surface area contributed by atoms with Gasteiger partial charge in [0.2, 0.25) is 6.79 Å². The summed E-state index contributed by atoms with van der Waals surface area (Å²) in [5.74, 6) is -0.614. The largest absolute Gasteiger partial charge is 0.516 e. The van der Waals surface area contributed by atoms with E-state index in [1.807, 2.05) is 24.6 Å². The van der Waals surface area contributed by atoms with Crippen molar-refractivity contribution in [2.75, 3.05) is 13.4 Å². The standard InChI is InChI=1S/C25H38N2O6Si/c1-8-22(23(28)30-18-31-24(29)33-21-12-10-9-11-13-21)19(14-20-15-26-17-27(20)5)16-32-34(6,7)25(2,3)4/h9-13,15,17,19,22H,8,14,16,18H2,1-7H3/t19-,22?/m0/s1. The number of ether oxygens (including phenoxy) is 3. The van der Waals surface area contributed by atoms with Crippen molar-refractivity contribution < 1.29 is 28.2 Å². The SMILES string of the molecule is CCC(C(=O)OCOC(=O)Oc1ccccc1)[C@H](CO[Si](C)(C)C(C)(C)C)Cc1cncn1C. The molecule has 2 aromatic rings. The van der Waals surface area contributed by atoms with Crippen LogP contribution in [0.2, 0.25) is 18.1 Å². The summed E-state index contributed by atoms with van der Waals surface area (Å²) in [7, 11) is -0.0836. The molecular formula is C25H38N2O6Si. The van der Waals surface area contributed by atoms with Crippen LogP contribution in [0.1, 0.15) is 39.8 Å². The Morgan fingerprint density at radius 3 is 2.35 bits per heavy atom. The van der Waals surface area contributed by atoms with Gasteiger partial charge >= 0.3 is 12.1 Å². The molecule has 0 aliphatic heterocycles. The van der Waals surface area contributed by atoms with Crippen molar-refractivity contribution in [2.45, 2.75) is 58.7 Å². The zero-order chi connectivity index (χ0) is 25.4. The number of benzene rings is 1. The first-order valence-electron chi connectivity index (χ1n) is 11.6. The lowest BCUT2D eigenvalue weighted by molar-refractivity contribution is -0.160. The molecule has 0 saturated heterocycles. The molecule has 0 aliphatic carbocycles. The second-order valence-electron chi connectivity index (χ2n) is 9.94. The van der Waals surface area contributed by atoms with Crippen molar-refractivity contribution >= 4 is 20.4 Å². The third kappa shape index (κ3) is 7.98. The number of esters is 1. The van der Waals surface area contributed by atoms with Crippen LogP contribution in [0, 0.1) is 11.8 Å². The Hall–Kier alpha value is -2.65. The minimum Gasteiger partial charge on any atom is -0.427 e. The summed E-state index contributed by atoms with van der Waals surface area (Å²) < 4.78 is 23.7. The number of carbonyl (C=O) groups is 2. The van der Waals surface area contributed by atoms with Gasteiger partial charge in [0.15, 0.2) is 8.32 Å². The normalized spacial score (nSPS) is 13.7. The number of hydrogen-bond acceptors (Lipinski definition) is 7. The predicted octanol–water partition coefficient (Wildman–Crippen LogP) is 5.34. The number of carbonyl (C=O) groups excluding carboxylic acids is 2. The maximum absolute atomic E-state index is 13.0. The highest BCUT2D eigenvalue weighted by atomic mass is 28.4. The lowest BCUT2D eigenvalue weighted by Crippen LogP contribution is -2.43. The number of imidazole rings is 1. The van der Waals surface area contributed by atoms with Crippen LogP contribution in [0.25, 0.3) is 0 Å². The van der Waals surface area contributed by atoms with Crippen LogP contribution in [0.3, 0.4) is 0 Å². The molecule has 2 atom stereocenters. The molecule has 34 heavy (non-hydrogen) atoms. The highest BCUT2D eigenvalue weighted by Crippen LogP contribution is 2.37. The summed E-state index contributed by atoms with van der Waals surface area (Å²) in [5.41, 5.74) is 1.01. The first-order valence-corrected chi connectivity index (χ1v) is 14.5. The Morgan fingerprint density at radius 1 is 1.12 bits per heavy atom. The molecule has 0 aliphatic rings. The summed E-state index contributed by atoms with van der Waals surface area (Å²) in [6.45, 7) is 12.8. The van der Waals surface area contributed by atoms with Crippen LogP contribution in [-0.4, -0.2) is 43.4 Å². The maximum atomic E-state index is 13.0. The number of hydrogen-bond donors (Lipinski definition) is 0. The van der Waals surface area contributed by atoms with E-state index in [0.717, 1.165) is 5.69 Å². The van der Waals surface area contributed by atoms with Crippen molar-refractivity contribution in [3.05, 3.63) is 48.5 Å². The Balaban J connectivity index is 2.02. The molecule has 0 amide bonds. The van der Waals surface area contributed by atoms with Gasteiger partial charge in [-0.25, -0.2) is 9.78 Å². The van der Waals surface area contributed by atoms with Gasteiger partial charge in [-0.3, -0.25) is 4.79 Å². The molecule has 1 unspecified atom stereocenters. The second-order valence-corrected chi connectivity index (χ2v) is 14.7. The van der Waals surface area contributed by atoms with E-state index >= 15 is 0 Å². The Bertz CT molecular complexity index is 923. The van der Waals surface area contributed by atoms with Gasteiger partial charge in [-0.1, -0.05) is 45.9 Å². The van der Waals surface area contributed by atoms with Crippen molar-refractivity contribution in [3.8, 4) is 5.75 Å². The fourth-order valence-corrected chi connectivity index (χ4v) is 4.31. The average Bonchev–Trinajstić information content (AvgIpc) is 3.16. The molecular weight excluding hydrogens is 452 g/mol. The molecule has 0 fully saturated rings. The van der Waals surface area contributed by atoms with Gasteiger partial charge < -0.3 is 23.2 Å². The third-order valence-electron chi connectivity index (χ3n) is 6.49. The number of aromatic nitrogens is 2. The zero-order valence-corrected chi connectivity index (χ0v) is 22.4. The number of aryl methyl sites for hydroxylation is 1. The van der Waals surface area contributed by atoms with Crippen LogP contribution in [0.15, 0.2) is 42.9 Å². The molecule has 0 saturated carbocycles. The second kappa shape index (κ2) is 12.2. The summed E-state index contributed by atoms with van der Waals surface area (Å²) in [6.07, 6.45) is 3.80. The summed E-state index contributed by atoms with van der Waals surface area (Å²) >= 11 is 0. The Kier molecular flexibility index (Phi) is 9.87. The van der Waals surface area contributed by atoms with Crippen LogP contribution in [0.5, 0.6) is 5.75 Å². The van der Waals surface area contributed by atoms with E-state index in [9.17, 15) is 9.59 Å². The average molecular weight is 491 g/mol. The molecule has 1 aromatic heterocycles. The monoisotopic (exact) mass is 490 g/mol. The first kappa shape index (κ1) is 27.6. The molecule has 0 radical (unpaired) electrons. The quantitative estimate of drug-likeness (QED) is 0.182. The van der Waals surface area contributed by atoms with Crippen LogP contribution < -0.4 is 4.74 Å². The van der Waals surface area contributed by atoms with E-state index in [1.54, 1.807) is 36.8 Å². The van der Waals surface area contributed by atoms with Gasteiger partial charge in [-0.2, -0.15) is 0 Å². The minimum absolute atomic E-state index is 0.0548. The predicted molar refractivity (Wildman–Crippen MR) is 132 cm³/mol. The molecule has 2 rings (SSSR count). The molecule has 9 heteroatoms. The van der Waals surface area contributed by atoms with Crippen LogP contribution >= 0.6 is 0 Å². The molecule has 1 heterocycles. The summed E-state index contributed by atoms with van der Waals surface area (Å²) in [5, 5.41) is 0.0548. The van der Waals surface area contributed by atoms with E-state index in [0.29, 0.717) is 25.2 Å². The topological polar surface area (TPSA) is 88.9 Å². The first-order chi connectivity index (χ1) is 15.9. The van der Waals surface area contributed by atoms with Gasteiger partial charge in [0.05, 0.1) is 12.2 Å². The van der Waals surface area contributed by atoms with Gasteiger partial charge in [0, 0.05) is 25.5 Å². The summed E-state index contributed by atoms with van der Waals surface area (Å²) in [4.78, 5) is 29.0. The maximum Gasteiger partial charge on any atom is 0.516 e. The van der Waals surface area contributed by atoms with Gasteiger partial charge in [-0.15, -0.1) is 0 Å². The number of para-hydroxylation sites is 1. The third-order valence-corrected chi connectivity index (χ3v) is 11.0. The smallest absolute Gasteiger partial charge is 0.427 e. The van der Waals surface area contributed by atoms with E-state index in [2.05, 4.69) is 38.8 Å². The fraction of sp³-hybridized carbons (Fsp3) is 0.560. The number of rotatable bonds is 11. The van der Waals surface area contributed by atoms with Gasteiger partial charge in [0.25, 0.3) is 0 Å². The van der Waals surface area contributed by atoms with E-state index in [4.69, 9.17) is 18.6 Å². The van der Waals surface area contributed by atoms with Crippen molar-refractivity contribution in [3.63, 3.8) is 0 Å². The molecule has 1 aromatic carbocycles. The molecule has 0 spiro atoms.